The Morgan fingerprint density at radius 3 is 2.17 bits per heavy atom. The molecule has 0 fully saturated rings. The summed E-state index contributed by atoms with van der Waals surface area (Å²) in [6.45, 7) is 5.94. The minimum Gasteiger partial charge on any atom is -0.394 e. The van der Waals surface area contributed by atoms with E-state index in [2.05, 4.69) is 11.9 Å². The molecule has 0 spiro atoms. The zero-order valence-electron chi connectivity index (χ0n) is 7.42. The fourth-order valence-electron chi connectivity index (χ4n) is 0.510. The van der Waals surface area contributed by atoms with Gasteiger partial charge in [-0.2, -0.15) is 0 Å². The van der Waals surface area contributed by atoms with E-state index in [1.54, 1.807) is 13.8 Å². The third-order valence-corrected chi connectivity index (χ3v) is 1.50. The van der Waals surface area contributed by atoms with Crippen LogP contribution in [0.25, 0.3) is 0 Å². The molecule has 0 heterocycles. The van der Waals surface area contributed by atoms with Crippen LogP contribution < -0.4 is 5.32 Å². The third kappa shape index (κ3) is 3.02. The van der Waals surface area contributed by atoms with E-state index in [-0.39, 0.29) is 19.1 Å². The number of carbonyl (C=O) groups excluding carboxylic acids is 1. The normalized spacial score (nSPS) is 11.0. The Hall–Kier alpha value is -0.870. The predicted molar refractivity (Wildman–Crippen MR) is 45.5 cm³/mol. The van der Waals surface area contributed by atoms with Crippen LogP contribution in [0.5, 0.6) is 0 Å². The average Bonchev–Trinajstić information content (AvgIpc) is 2.04. The maximum absolute atomic E-state index is 11.0. The summed E-state index contributed by atoms with van der Waals surface area (Å²) in [5.41, 5.74) is -0.612. The third-order valence-electron chi connectivity index (χ3n) is 1.50. The van der Waals surface area contributed by atoms with Crippen molar-refractivity contribution in [2.75, 3.05) is 13.2 Å². The highest BCUT2D eigenvalue weighted by molar-refractivity contribution is 5.92. The van der Waals surface area contributed by atoms with Crippen LogP contribution in [0.3, 0.4) is 0 Å². The molecule has 12 heavy (non-hydrogen) atoms. The van der Waals surface area contributed by atoms with Crippen molar-refractivity contribution in [3.8, 4) is 0 Å². The highest BCUT2D eigenvalue weighted by Gasteiger charge is 2.24. The molecule has 70 valence electrons. The quantitative estimate of drug-likeness (QED) is 0.498. The van der Waals surface area contributed by atoms with Crippen molar-refractivity contribution in [1.29, 1.82) is 0 Å². The Morgan fingerprint density at radius 1 is 1.50 bits per heavy atom. The van der Waals surface area contributed by atoms with E-state index < -0.39 is 5.54 Å². The van der Waals surface area contributed by atoms with Gasteiger partial charge in [-0.25, -0.2) is 0 Å². The molecule has 0 aliphatic rings. The molecule has 0 bridgehead atoms. The molecule has 3 N–H and O–H groups in total. The first-order chi connectivity index (χ1) is 5.45. The SMILES string of the molecule is C=C(C)C(=O)NC(C)(CO)CO. The molecular weight excluding hydrogens is 158 g/mol. The van der Waals surface area contributed by atoms with Crippen molar-refractivity contribution in [3.63, 3.8) is 0 Å². The molecule has 0 saturated heterocycles. The molecule has 4 heteroatoms. The topological polar surface area (TPSA) is 69.6 Å². The fraction of sp³-hybridized carbons (Fsp3) is 0.625. The van der Waals surface area contributed by atoms with Crippen LogP contribution >= 0.6 is 0 Å². The molecule has 1 amide bonds. The van der Waals surface area contributed by atoms with Gasteiger partial charge in [-0.15, -0.1) is 0 Å². The Bertz CT molecular complexity index is 185. The molecule has 0 aliphatic carbocycles. The van der Waals surface area contributed by atoms with Crippen molar-refractivity contribution < 1.29 is 15.0 Å². The number of carbonyl (C=O) groups is 1. The maximum atomic E-state index is 11.0. The van der Waals surface area contributed by atoms with E-state index in [9.17, 15) is 4.79 Å². The number of hydrogen-bond donors (Lipinski definition) is 3. The minimum absolute atomic E-state index is 0.303. The zero-order valence-corrected chi connectivity index (χ0v) is 7.42. The van der Waals surface area contributed by atoms with Crippen LogP contribution in [0.4, 0.5) is 0 Å². The van der Waals surface area contributed by atoms with Crippen molar-refractivity contribution in [1.82, 2.24) is 5.32 Å². The van der Waals surface area contributed by atoms with Crippen LogP contribution in [-0.4, -0.2) is 34.9 Å². The number of nitrogens with one attached hydrogen (secondary N) is 1. The van der Waals surface area contributed by atoms with Gasteiger partial charge in [0.05, 0.1) is 18.8 Å². The van der Waals surface area contributed by atoms with Gasteiger partial charge in [0.15, 0.2) is 0 Å². The molecule has 0 aromatic heterocycles. The first-order valence-corrected chi connectivity index (χ1v) is 3.65. The smallest absolute Gasteiger partial charge is 0.246 e. The van der Waals surface area contributed by atoms with E-state index in [0.717, 1.165) is 0 Å². The largest absolute Gasteiger partial charge is 0.394 e. The van der Waals surface area contributed by atoms with E-state index in [1.165, 1.54) is 0 Å². The maximum Gasteiger partial charge on any atom is 0.246 e. The zero-order chi connectivity index (χ0) is 9.78. The van der Waals surface area contributed by atoms with Crippen LogP contribution in [0.2, 0.25) is 0 Å². The predicted octanol–water partition coefficient (Wildman–Crippen LogP) is -0.578. The molecule has 0 saturated carbocycles. The summed E-state index contributed by atoms with van der Waals surface area (Å²) in [4.78, 5) is 11.0. The van der Waals surface area contributed by atoms with Crippen molar-refractivity contribution >= 4 is 5.91 Å². The lowest BCUT2D eigenvalue weighted by Gasteiger charge is -2.26. The van der Waals surface area contributed by atoms with Gasteiger partial charge in [0, 0.05) is 5.57 Å². The van der Waals surface area contributed by atoms with Crippen LogP contribution in [0, 0.1) is 0 Å². The molecule has 0 atom stereocenters. The standard InChI is InChI=1S/C8H15NO3/c1-6(2)7(12)9-8(3,4-10)5-11/h10-11H,1,4-5H2,2-3H3,(H,9,12). The molecule has 0 unspecified atom stereocenters. The Balaban J connectivity index is 4.21. The Labute approximate surface area is 71.9 Å². The van der Waals surface area contributed by atoms with Gasteiger partial charge in [0.25, 0.3) is 0 Å². The lowest BCUT2D eigenvalue weighted by molar-refractivity contribution is -0.120. The number of aliphatic hydroxyl groups is 2. The first-order valence-electron chi connectivity index (χ1n) is 3.65. The lowest BCUT2D eigenvalue weighted by atomic mass is 10.1. The van der Waals surface area contributed by atoms with E-state index in [4.69, 9.17) is 10.2 Å². The molecule has 0 aliphatic heterocycles. The van der Waals surface area contributed by atoms with Gasteiger partial charge in [0.1, 0.15) is 0 Å². The van der Waals surface area contributed by atoms with Crippen molar-refractivity contribution in [2.24, 2.45) is 0 Å². The monoisotopic (exact) mass is 173 g/mol. The second-order valence-electron chi connectivity index (χ2n) is 3.11. The second-order valence-corrected chi connectivity index (χ2v) is 3.11. The van der Waals surface area contributed by atoms with Gasteiger partial charge in [-0.1, -0.05) is 6.58 Å². The minimum atomic E-state index is -0.962. The number of amides is 1. The highest BCUT2D eigenvalue weighted by atomic mass is 16.3. The molecule has 0 rings (SSSR count). The van der Waals surface area contributed by atoms with Gasteiger partial charge in [0.2, 0.25) is 5.91 Å². The second kappa shape index (κ2) is 4.23. The number of hydrogen-bond acceptors (Lipinski definition) is 3. The van der Waals surface area contributed by atoms with Gasteiger partial charge in [-0.3, -0.25) is 4.79 Å². The molecule has 0 radical (unpaired) electrons. The summed E-state index contributed by atoms with van der Waals surface area (Å²) < 4.78 is 0. The van der Waals surface area contributed by atoms with Crippen molar-refractivity contribution in [2.45, 2.75) is 19.4 Å². The fourth-order valence-corrected chi connectivity index (χ4v) is 0.510. The summed E-state index contributed by atoms with van der Waals surface area (Å²) in [7, 11) is 0. The summed E-state index contributed by atoms with van der Waals surface area (Å²) in [6, 6.07) is 0. The number of aliphatic hydroxyl groups excluding tert-OH is 2. The van der Waals surface area contributed by atoms with E-state index in [0.29, 0.717) is 5.57 Å². The van der Waals surface area contributed by atoms with Gasteiger partial charge >= 0.3 is 0 Å². The van der Waals surface area contributed by atoms with Crippen LogP contribution in [0.1, 0.15) is 13.8 Å². The van der Waals surface area contributed by atoms with Gasteiger partial charge in [-0.05, 0) is 13.8 Å². The molecular formula is C8H15NO3. The summed E-state index contributed by atoms with van der Waals surface area (Å²) in [5.74, 6) is -0.361. The molecule has 4 nitrogen and oxygen atoms in total. The Kier molecular flexibility index (Phi) is 3.92. The summed E-state index contributed by atoms with van der Waals surface area (Å²) in [6.07, 6.45) is 0. The molecule has 0 aromatic carbocycles. The van der Waals surface area contributed by atoms with Gasteiger partial charge < -0.3 is 15.5 Å². The highest BCUT2D eigenvalue weighted by Crippen LogP contribution is 2.02. The van der Waals surface area contributed by atoms with Crippen LogP contribution in [0.15, 0.2) is 12.2 Å². The average molecular weight is 173 g/mol. The summed E-state index contributed by atoms with van der Waals surface area (Å²) in [5, 5.41) is 20.1. The molecule has 0 aromatic rings. The van der Waals surface area contributed by atoms with Crippen LogP contribution in [-0.2, 0) is 4.79 Å². The summed E-state index contributed by atoms with van der Waals surface area (Å²) >= 11 is 0. The lowest BCUT2D eigenvalue weighted by Crippen LogP contribution is -2.51. The Morgan fingerprint density at radius 2 is 1.92 bits per heavy atom. The van der Waals surface area contributed by atoms with E-state index >= 15 is 0 Å². The van der Waals surface area contributed by atoms with Crippen molar-refractivity contribution in [3.05, 3.63) is 12.2 Å². The van der Waals surface area contributed by atoms with E-state index in [1.807, 2.05) is 0 Å². The number of rotatable bonds is 4. The first kappa shape index (κ1) is 11.1.